The predicted molar refractivity (Wildman–Crippen MR) is 70.5 cm³/mol. The molecule has 0 saturated carbocycles. The van der Waals surface area contributed by atoms with Crippen molar-refractivity contribution in [3.05, 3.63) is 28.3 Å². The molecular weight excluding hydrogens is 244 g/mol. The Bertz CT molecular complexity index is 358. The van der Waals surface area contributed by atoms with E-state index < -0.39 is 8.07 Å². The maximum absolute atomic E-state index is 2.48. The first-order chi connectivity index (χ1) is 6.97. The van der Waals surface area contributed by atoms with Crippen LogP contribution >= 0.6 is 0 Å². The van der Waals surface area contributed by atoms with E-state index in [1.165, 1.54) is 31.7 Å². The van der Waals surface area contributed by atoms with E-state index in [-0.39, 0.29) is 21.7 Å². The third-order valence-corrected chi connectivity index (χ3v) is 4.86. The van der Waals surface area contributed by atoms with Crippen LogP contribution in [0.25, 0.3) is 0 Å². The summed E-state index contributed by atoms with van der Waals surface area (Å²) in [5.41, 5.74) is 6.71. The van der Waals surface area contributed by atoms with Gasteiger partial charge < -0.3 is 0 Å². The van der Waals surface area contributed by atoms with E-state index in [2.05, 4.69) is 32.6 Å². The van der Waals surface area contributed by atoms with Gasteiger partial charge in [-0.05, 0) is 0 Å². The molecule has 1 aliphatic rings. The maximum atomic E-state index is 2.48. The molecule has 0 spiro atoms. The number of aryl methyl sites for hydroxylation is 2. The molecule has 0 atom stereocenters. The van der Waals surface area contributed by atoms with Crippen LogP contribution in [-0.2, 0) is 40.6 Å². The van der Waals surface area contributed by atoms with E-state index in [1.54, 1.807) is 22.3 Å². The number of fused-ring (bicyclic) bond motifs is 1. The molecule has 0 fully saturated rings. The fraction of sp³-hybridized carbons (Fsp3) is 0.643. The summed E-state index contributed by atoms with van der Waals surface area (Å²) >= 11 is 0. The first-order valence-corrected chi connectivity index (χ1v) is 9.95. The number of rotatable bonds is 2. The molecule has 0 unspecified atom stereocenters. The van der Waals surface area contributed by atoms with Crippen LogP contribution in [0, 0.1) is 6.92 Å². The van der Waals surface area contributed by atoms with Crippen molar-refractivity contribution in [3.63, 3.8) is 0 Å². The minimum Gasteiger partial charge on any atom is -0.207 e. The van der Waals surface area contributed by atoms with Gasteiger partial charge in [0.15, 0.2) is 0 Å². The van der Waals surface area contributed by atoms with Crippen LogP contribution in [0.4, 0.5) is 0 Å². The van der Waals surface area contributed by atoms with E-state index in [4.69, 9.17) is 0 Å². The summed E-state index contributed by atoms with van der Waals surface area (Å²) in [6.45, 7) is 9.76. The second-order valence-electron chi connectivity index (χ2n) is 6.25. The second-order valence-corrected chi connectivity index (χ2v) is 11.7. The van der Waals surface area contributed by atoms with Crippen LogP contribution in [0.15, 0.2) is 6.07 Å². The Hall–Kier alpha value is 0.281. The smallest absolute Gasteiger partial charge is 0.207 e. The molecule has 1 aromatic carbocycles. The van der Waals surface area contributed by atoms with Gasteiger partial charge in [-0.2, -0.15) is 22.3 Å². The van der Waals surface area contributed by atoms with Gasteiger partial charge in [-0.15, -0.1) is 0 Å². The summed E-state index contributed by atoms with van der Waals surface area (Å²) in [6, 6.07) is 3.85. The Labute approximate surface area is 116 Å². The van der Waals surface area contributed by atoms with E-state index in [0.717, 1.165) is 0 Å². The number of hydrogen-bond donors (Lipinski definition) is 0. The van der Waals surface area contributed by atoms with Crippen LogP contribution in [0.5, 0.6) is 0 Å². The summed E-state index contributed by atoms with van der Waals surface area (Å²) in [6.07, 6.45) is 5.50. The molecule has 1 aromatic rings. The predicted octanol–water partition coefficient (Wildman–Crippen LogP) is 4.01. The maximum Gasteiger partial charge on any atom is 2.00 e. The molecular formula is C14H23SiTi+. The van der Waals surface area contributed by atoms with Crippen LogP contribution in [0.1, 0.15) is 35.1 Å². The van der Waals surface area contributed by atoms with Crippen molar-refractivity contribution in [2.75, 3.05) is 0 Å². The summed E-state index contributed by atoms with van der Waals surface area (Å²) in [5, 5.41) is 0. The van der Waals surface area contributed by atoms with Gasteiger partial charge in [-0.3, -0.25) is 0 Å². The Balaban J connectivity index is 0.00000128. The molecule has 16 heavy (non-hydrogen) atoms. The van der Waals surface area contributed by atoms with Crippen LogP contribution in [0.2, 0.25) is 19.6 Å². The molecule has 0 saturated heterocycles. The van der Waals surface area contributed by atoms with E-state index >= 15 is 0 Å². The Kier molecular flexibility index (Phi) is 4.74. The Morgan fingerprint density at radius 1 is 1.19 bits per heavy atom. The van der Waals surface area contributed by atoms with Crippen LogP contribution < -0.4 is 0 Å². The average molecular weight is 267 g/mol. The second kappa shape index (κ2) is 5.29. The first-order valence-electron chi connectivity index (χ1n) is 6.24. The van der Waals surface area contributed by atoms with Crippen molar-refractivity contribution in [1.29, 1.82) is 0 Å². The molecule has 0 heterocycles. The monoisotopic (exact) mass is 267 g/mol. The van der Waals surface area contributed by atoms with Crippen molar-refractivity contribution in [2.24, 2.45) is 0 Å². The Morgan fingerprint density at radius 3 is 2.44 bits per heavy atom. The third-order valence-electron chi connectivity index (χ3n) is 3.45. The standard InChI is InChI=1S/C14H23Si.Ti/c1-11-9-12-7-5-6-8-13(12)14(11)10-15(2,3)4;/h9H,5-8,10H2,1-4H3;/q-1;+2. The van der Waals surface area contributed by atoms with Crippen molar-refractivity contribution < 1.29 is 21.7 Å². The van der Waals surface area contributed by atoms with E-state index in [9.17, 15) is 0 Å². The Morgan fingerprint density at radius 2 is 1.81 bits per heavy atom. The molecule has 0 radical (unpaired) electrons. The zero-order valence-corrected chi connectivity index (χ0v) is 13.7. The fourth-order valence-corrected chi connectivity index (χ4v) is 4.35. The summed E-state index contributed by atoms with van der Waals surface area (Å²) in [4.78, 5) is 0. The molecule has 1 aliphatic carbocycles. The van der Waals surface area contributed by atoms with Gasteiger partial charge in [0, 0.05) is 8.07 Å². The van der Waals surface area contributed by atoms with Gasteiger partial charge in [0.05, 0.1) is 0 Å². The third kappa shape index (κ3) is 3.15. The van der Waals surface area contributed by atoms with Crippen molar-refractivity contribution in [2.45, 2.75) is 58.3 Å². The molecule has 0 N–H and O–H groups in total. The molecule has 2 rings (SSSR count). The van der Waals surface area contributed by atoms with Crippen LogP contribution in [-0.4, -0.2) is 8.07 Å². The zero-order valence-electron chi connectivity index (χ0n) is 11.1. The average Bonchev–Trinajstić information content (AvgIpc) is 2.41. The molecule has 0 aliphatic heterocycles. The SMILES string of the molecule is Cc1cc2c([c-]1C[Si](C)(C)C)CCCC2.[Ti+2]. The van der Waals surface area contributed by atoms with Gasteiger partial charge in [0.1, 0.15) is 0 Å². The van der Waals surface area contributed by atoms with Crippen molar-refractivity contribution in [1.82, 2.24) is 0 Å². The molecule has 0 bridgehead atoms. The quantitative estimate of drug-likeness (QED) is 0.561. The van der Waals surface area contributed by atoms with Crippen molar-refractivity contribution in [3.8, 4) is 0 Å². The minimum absolute atomic E-state index is 0. The normalized spacial score (nSPS) is 15.5. The van der Waals surface area contributed by atoms with Crippen LogP contribution in [0.3, 0.4) is 0 Å². The summed E-state index contributed by atoms with van der Waals surface area (Å²) in [5.74, 6) is 0. The largest absolute Gasteiger partial charge is 2.00 e. The van der Waals surface area contributed by atoms with E-state index in [0.29, 0.717) is 0 Å². The molecule has 0 amide bonds. The molecule has 0 nitrogen and oxygen atoms in total. The van der Waals surface area contributed by atoms with Gasteiger partial charge in [-0.25, -0.2) is 6.07 Å². The topological polar surface area (TPSA) is 0 Å². The van der Waals surface area contributed by atoms with Gasteiger partial charge in [0.25, 0.3) is 0 Å². The summed E-state index contributed by atoms with van der Waals surface area (Å²) < 4.78 is 0. The summed E-state index contributed by atoms with van der Waals surface area (Å²) in [7, 11) is -0.952. The fourth-order valence-electron chi connectivity index (χ4n) is 2.80. The van der Waals surface area contributed by atoms with Gasteiger partial charge in [-0.1, -0.05) is 58.3 Å². The zero-order chi connectivity index (χ0) is 11.1. The minimum atomic E-state index is -0.952. The molecule has 86 valence electrons. The molecule has 2 heteroatoms. The van der Waals surface area contributed by atoms with Crippen molar-refractivity contribution >= 4 is 8.07 Å². The number of hydrogen-bond acceptors (Lipinski definition) is 0. The van der Waals surface area contributed by atoms with Gasteiger partial charge >= 0.3 is 21.7 Å². The van der Waals surface area contributed by atoms with E-state index in [1.807, 2.05) is 0 Å². The molecule has 0 aromatic heterocycles. The first kappa shape index (κ1) is 14.3. The van der Waals surface area contributed by atoms with Gasteiger partial charge in [0.2, 0.25) is 0 Å².